The molecule has 8 nitrogen and oxygen atoms in total. The number of carboxylic acids is 2. The Labute approximate surface area is 219 Å². The highest BCUT2D eigenvalue weighted by Crippen LogP contribution is 2.42. The average Bonchev–Trinajstić information content (AvgIpc) is 3.23. The van der Waals surface area contributed by atoms with Crippen LogP contribution in [0.15, 0.2) is 54.6 Å². The molecule has 0 radical (unpaired) electrons. The van der Waals surface area contributed by atoms with E-state index in [2.05, 4.69) is 5.32 Å². The first-order valence-corrected chi connectivity index (χ1v) is 13.0. The van der Waals surface area contributed by atoms with Gasteiger partial charge in [-0.1, -0.05) is 42.5 Å². The van der Waals surface area contributed by atoms with Gasteiger partial charge in [0.25, 0.3) is 0 Å². The van der Waals surface area contributed by atoms with Gasteiger partial charge in [0, 0.05) is 35.8 Å². The normalized spacial score (nSPS) is 13.8. The summed E-state index contributed by atoms with van der Waals surface area (Å²) in [6.07, 6.45) is 2.30. The monoisotopic (exact) mass is 522 g/mol. The summed E-state index contributed by atoms with van der Waals surface area (Å²) >= 11 is 1.07. The van der Waals surface area contributed by atoms with Crippen LogP contribution in [0, 0.1) is 12.8 Å². The Morgan fingerprint density at radius 1 is 1.05 bits per heavy atom. The zero-order chi connectivity index (χ0) is 26.4. The molecule has 0 saturated carbocycles. The molecule has 1 aliphatic heterocycles. The number of carboxylic acid groups (broad SMARTS) is 2. The SMILES string of the molecule is Cc1c(-c2cccc(NCC3CCN(C(=O)Cc4ccccc4)CC3)c2)sc(C(=O)O)c1OCC(=O)O. The van der Waals surface area contributed by atoms with Crippen LogP contribution in [0.5, 0.6) is 5.75 Å². The second-order valence-electron chi connectivity index (χ2n) is 9.15. The van der Waals surface area contributed by atoms with Crippen molar-refractivity contribution in [1.82, 2.24) is 4.90 Å². The van der Waals surface area contributed by atoms with Crippen LogP contribution in [0.25, 0.3) is 10.4 Å². The van der Waals surface area contributed by atoms with Gasteiger partial charge < -0.3 is 25.2 Å². The van der Waals surface area contributed by atoms with E-state index in [0.29, 0.717) is 17.9 Å². The smallest absolute Gasteiger partial charge is 0.349 e. The zero-order valence-corrected chi connectivity index (χ0v) is 21.4. The number of hydrogen-bond donors (Lipinski definition) is 3. The molecule has 2 heterocycles. The molecular formula is C28H30N2O6S. The molecule has 194 valence electrons. The predicted octanol–water partition coefficient (Wildman–Crippen LogP) is 4.78. The van der Waals surface area contributed by atoms with Crippen molar-refractivity contribution in [3.63, 3.8) is 0 Å². The first kappa shape index (κ1) is 26.2. The summed E-state index contributed by atoms with van der Waals surface area (Å²) in [6, 6.07) is 17.5. The number of carbonyl (C=O) groups is 3. The van der Waals surface area contributed by atoms with Gasteiger partial charge >= 0.3 is 11.9 Å². The van der Waals surface area contributed by atoms with Crippen molar-refractivity contribution in [1.29, 1.82) is 0 Å². The topological polar surface area (TPSA) is 116 Å². The molecule has 4 rings (SSSR count). The van der Waals surface area contributed by atoms with Crippen LogP contribution in [-0.4, -0.2) is 59.2 Å². The van der Waals surface area contributed by atoms with Crippen LogP contribution in [0.2, 0.25) is 0 Å². The Morgan fingerprint density at radius 2 is 1.78 bits per heavy atom. The van der Waals surface area contributed by atoms with Crippen molar-refractivity contribution < 1.29 is 29.3 Å². The maximum absolute atomic E-state index is 12.6. The molecule has 3 aromatic rings. The van der Waals surface area contributed by atoms with Crippen molar-refractivity contribution in [2.45, 2.75) is 26.2 Å². The minimum Gasteiger partial charge on any atom is -0.480 e. The van der Waals surface area contributed by atoms with Gasteiger partial charge in [-0.05, 0) is 48.9 Å². The van der Waals surface area contributed by atoms with Crippen molar-refractivity contribution >= 4 is 34.9 Å². The summed E-state index contributed by atoms with van der Waals surface area (Å²) in [4.78, 5) is 37.9. The fourth-order valence-corrected chi connectivity index (χ4v) is 5.61. The molecule has 1 amide bonds. The highest BCUT2D eigenvalue weighted by atomic mass is 32.1. The maximum Gasteiger partial charge on any atom is 0.349 e. The third-order valence-electron chi connectivity index (χ3n) is 6.51. The number of thiophene rings is 1. The van der Waals surface area contributed by atoms with Crippen LogP contribution in [0.3, 0.4) is 0 Å². The van der Waals surface area contributed by atoms with Crippen LogP contribution in [0.4, 0.5) is 5.69 Å². The van der Waals surface area contributed by atoms with Crippen molar-refractivity contribution in [3.05, 3.63) is 70.6 Å². The molecule has 0 bridgehead atoms. The maximum atomic E-state index is 12.6. The Hall–Kier alpha value is -3.85. The molecule has 2 aromatic carbocycles. The number of aliphatic carboxylic acids is 1. The fourth-order valence-electron chi connectivity index (χ4n) is 4.52. The number of anilines is 1. The minimum atomic E-state index is -1.17. The largest absolute Gasteiger partial charge is 0.480 e. The number of ether oxygens (including phenoxy) is 1. The van der Waals surface area contributed by atoms with Gasteiger partial charge in [-0.2, -0.15) is 0 Å². The Balaban J connectivity index is 1.35. The number of likely N-dealkylation sites (tertiary alicyclic amines) is 1. The summed E-state index contributed by atoms with van der Waals surface area (Å²) in [6.45, 7) is 3.42. The van der Waals surface area contributed by atoms with Crippen LogP contribution < -0.4 is 10.1 Å². The van der Waals surface area contributed by atoms with E-state index in [0.717, 1.165) is 65.5 Å². The lowest BCUT2D eigenvalue weighted by Gasteiger charge is -2.32. The quantitative estimate of drug-likeness (QED) is 0.351. The number of piperidine rings is 1. The standard InChI is InChI=1S/C28H30N2O6S/c1-18-25(36-17-24(32)33)27(28(34)35)37-26(18)21-8-5-9-22(15-21)29-16-20-10-12-30(13-11-20)23(31)14-19-6-3-2-4-7-19/h2-9,15,20,29H,10-14,16-17H2,1H3,(H,32,33)(H,34,35). The number of nitrogens with one attached hydrogen (secondary N) is 1. The summed E-state index contributed by atoms with van der Waals surface area (Å²) < 4.78 is 5.29. The molecule has 3 N–H and O–H groups in total. The molecule has 1 aliphatic rings. The van der Waals surface area contributed by atoms with Gasteiger partial charge in [-0.25, -0.2) is 9.59 Å². The van der Waals surface area contributed by atoms with Gasteiger partial charge in [0.1, 0.15) is 5.75 Å². The third-order valence-corrected chi connectivity index (χ3v) is 7.82. The van der Waals surface area contributed by atoms with Gasteiger partial charge in [0.15, 0.2) is 11.5 Å². The molecule has 9 heteroatoms. The summed E-state index contributed by atoms with van der Waals surface area (Å²) in [7, 11) is 0. The van der Waals surface area contributed by atoms with Gasteiger partial charge in [0.2, 0.25) is 5.91 Å². The molecular weight excluding hydrogens is 492 g/mol. The van der Waals surface area contributed by atoms with E-state index in [4.69, 9.17) is 9.84 Å². The molecule has 1 aromatic heterocycles. The van der Waals surface area contributed by atoms with Crippen molar-refractivity contribution in [3.8, 4) is 16.2 Å². The number of hydrogen-bond acceptors (Lipinski definition) is 6. The highest BCUT2D eigenvalue weighted by molar-refractivity contribution is 7.18. The van der Waals surface area contributed by atoms with Gasteiger partial charge in [0.05, 0.1) is 6.42 Å². The van der Waals surface area contributed by atoms with Crippen LogP contribution >= 0.6 is 11.3 Å². The molecule has 1 fully saturated rings. The van der Waals surface area contributed by atoms with E-state index < -0.39 is 18.5 Å². The lowest BCUT2D eigenvalue weighted by molar-refractivity contribution is -0.139. The first-order chi connectivity index (χ1) is 17.8. The first-order valence-electron chi connectivity index (χ1n) is 12.2. The summed E-state index contributed by atoms with van der Waals surface area (Å²) in [5, 5.41) is 22.0. The van der Waals surface area contributed by atoms with E-state index in [1.807, 2.05) is 59.5 Å². The van der Waals surface area contributed by atoms with E-state index in [1.165, 1.54) is 0 Å². The number of rotatable bonds is 10. The zero-order valence-electron chi connectivity index (χ0n) is 20.6. The molecule has 0 aliphatic carbocycles. The van der Waals surface area contributed by atoms with Crippen LogP contribution in [0.1, 0.15) is 33.6 Å². The number of carbonyl (C=O) groups excluding carboxylic acids is 1. The van der Waals surface area contributed by atoms with Gasteiger partial charge in [-0.15, -0.1) is 11.3 Å². The Kier molecular flexibility index (Phi) is 8.45. The predicted molar refractivity (Wildman–Crippen MR) is 143 cm³/mol. The van der Waals surface area contributed by atoms with E-state index in [1.54, 1.807) is 6.92 Å². The molecule has 37 heavy (non-hydrogen) atoms. The van der Waals surface area contributed by atoms with Crippen molar-refractivity contribution in [2.24, 2.45) is 5.92 Å². The molecule has 0 spiro atoms. The van der Waals surface area contributed by atoms with E-state index >= 15 is 0 Å². The summed E-state index contributed by atoms with van der Waals surface area (Å²) in [5.41, 5.74) is 3.39. The number of nitrogens with zero attached hydrogens (tertiary/aromatic N) is 1. The highest BCUT2D eigenvalue weighted by Gasteiger charge is 2.24. The lowest BCUT2D eigenvalue weighted by Crippen LogP contribution is -2.40. The fraction of sp³-hybridized carbons (Fsp3) is 0.321. The molecule has 0 atom stereocenters. The second-order valence-corrected chi connectivity index (χ2v) is 10.2. The van der Waals surface area contributed by atoms with E-state index in [-0.39, 0.29) is 16.5 Å². The van der Waals surface area contributed by atoms with Crippen molar-refractivity contribution in [2.75, 3.05) is 31.6 Å². The van der Waals surface area contributed by atoms with Gasteiger partial charge in [-0.3, -0.25) is 4.79 Å². The summed E-state index contributed by atoms with van der Waals surface area (Å²) in [5.74, 6) is -1.60. The Morgan fingerprint density at radius 3 is 2.46 bits per heavy atom. The minimum absolute atomic E-state index is 0.0133. The van der Waals surface area contributed by atoms with E-state index in [9.17, 15) is 19.5 Å². The second kappa shape index (κ2) is 11.9. The average molecular weight is 523 g/mol. The molecule has 0 unspecified atom stereocenters. The lowest BCUT2D eigenvalue weighted by atomic mass is 9.96. The Bertz CT molecular complexity index is 1260. The van der Waals surface area contributed by atoms with Crippen LogP contribution in [-0.2, 0) is 16.0 Å². The molecule has 1 saturated heterocycles. The number of amides is 1. The number of aromatic carboxylic acids is 1. The third kappa shape index (κ3) is 6.68. The number of benzene rings is 2.